The molecule has 1 fully saturated rings. The van der Waals surface area contributed by atoms with Crippen molar-refractivity contribution < 1.29 is 18.0 Å². The van der Waals surface area contributed by atoms with Gasteiger partial charge in [-0.25, -0.2) is 0 Å². The summed E-state index contributed by atoms with van der Waals surface area (Å²) in [5, 5.41) is 0. The Morgan fingerprint density at radius 1 is 1.40 bits per heavy atom. The highest BCUT2D eigenvalue weighted by molar-refractivity contribution is 5.47. The monoisotopic (exact) mass is 224 g/mol. The minimum absolute atomic E-state index is 0.00583. The topological polar surface area (TPSA) is 23.6 Å². The van der Waals surface area contributed by atoms with E-state index in [2.05, 4.69) is 0 Å². The van der Waals surface area contributed by atoms with Crippen LogP contribution in [0.1, 0.15) is 13.3 Å². The Balaban J connectivity index is 2.35. The average Bonchev–Trinajstić information content (AvgIpc) is 2.14. The minimum atomic E-state index is -4.10. The van der Waals surface area contributed by atoms with Crippen LogP contribution in [0.5, 0.6) is 0 Å². The molecule has 0 bridgehead atoms. The molecule has 0 aromatic rings. The first-order valence-corrected chi connectivity index (χ1v) is 4.92. The maximum absolute atomic E-state index is 12.0. The van der Waals surface area contributed by atoms with Crippen molar-refractivity contribution in [3.8, 4) is 0 Å². The molecule has 0 aromatic heterocycles. The first-order valence-electron chi connectivity index (χ1n) is 4.92. The largest absolute Gasteiger partial charge is 0.390 e. The van der Waals surface area contributed by atoms with E-state index in [0.717, 1.165) is 6.41 Å². The van der Waals surface area contributed by atoms with Gasteiger partial charge in [0, 0.05) is 32.2 Å². The summed E-state index contributed by atoms with van der Waals surface area (Å²) in [7, 11) is 0. The molecule has 1 rings (SSSR count). The van der Waals surface area contributed by atoms with Gasteiger partial charge in [-0.05, 0) is 6.92 Å². The van der Waals surface area contributed by atoms with E-state index in [-0.39, 0.29) is 12.6 Å². The van der Waals surface area contributed by atoms with Gasteiger partial charge in [0.25, 0.3) is 0 Å². The predicted octanol–water partition coefficient (Wildman–Crippen LogP) is 1.10. The number of nitrogens with zero attached hydrogens (tertiary/aromatic N) is 2. The summed E-state index contributed by atoms with van der Waals surface area (Å²) in [4.78, 5) is 13.8. The quantitative estimate of drug-likeness (QED) is 0.670. The van der Waals surface area contributed by atoms with E-state index in [1.165, 1.54) is 0 Å². The molecule has 1 heterocycles. The number of carbonyl (C=O) groups excluding carboxylic acids is 1. The van der Waals surface area contributed by atoms with Crippen LogP contribution in [0.3, 0.4) is 0 Å². The van der Waals surface area contributed by atoms with Gasteiger partial charge in [-0.15, -0.1) is 0 Å². The van der Waals surface area contributed by atoms with Crippen LogP contribution >= 0.6 is 0 Å². The molecule has 0 N–H and O–H groups in total. The maximum Gasteiger partial charge on any atom is 0.390 e. The molecular weight excluding hydrogens is 209 g/mol. The van der Waals surface area contributed by atoms with Crippen molar-refractivity contribution in [3.05, 3.63) is 0 Å². The van der Waals surface area contributed by atoms with E-state index in [9.17, 15) is 18.0 Å². The van der Waals surface area contributed by atoms with E-state index in [1.54, 1.807) is 9.80 Å². The van der Waals surface area contributed by atoms with Crippen molar-refractivity contribution in [2.45, 2.75) is 25.6 Å². The van der Waals surface area contributed by atoms with Crippen molar-refractivity contribution in [1.82, 2.24) is 9.80 Å². The standard InChI is InChI=1S/C9H15F3N2O/c1-8-6-13(7-15)4-5-14(8)3-2-9(10,11)12/h7-8H,2-6H2,1H3. The minimum Gasteiger partial charge on any atom is -0.342 e. The predicted molar refractivity (Wildman–Crippen MR) is 49.3 cm³/mol. The number of carbonyl (C=O) groups is 1. The van der Waals surface area contributed by atoms with Crippen LogP contribution in [0.2, 0.25) is 0 Å². The molecule has 1 unspecified atom stereocenters. The summed E-state index contributed by atoms with van der Waals surface area (Å²) in [5.74, 6) is 0. The summed E-state index contributed by atoms with van der Waals surface area (Å²) in [6.07, 6.45) is -4.13. The van der Waals surface area contributed by atoms with E-state index < -0.39 is 12.6 Å². The van der Waals surface area contributed by atoms with Crippen molar-refractivity contribution in [1.29, 1.82) is 0 Å². The van der Waals surface area contributed by atoms with E-state index in [0.29, 0.717) is 19.6 Å². The highest BCUT2D eigenvalue weighted by Crippen LogP contribution is 2.21. The molecule has 0 spiro atoms. The molecule has 88 valence electrons. The lowest BCUT2D eigenvalue weighted by Crippen LogP contribution is -2.51. The normalized spacial score (nSPS) is 24.3. The molecule has 1 atom stereocenters. The lowest BCUT2D eigenvalue weighted by atomic mass is 10.2. The number of amides is 1. The van der Waals surface area contributed by atoms with Crippen LogP contribution in [-0.2, 0) is 4.79 Å². The van der Waals surface area contributed by atoms with Crippen LogP contribution < -0.4 is 0 Å². The molecule has 0 radical (unpaired) electrons. The Labute approximate surface area is 86.8 Å². The fourth-order valence-corrected chi connectivity index (χ4v) is 1.72. The summed E-state index contributed by atoms with van der Waals surface area (Å²) in [6, 6.07) is 0.00583. The molecule has 0 aliphatic carbocycles. The van der Waals surface area contributed by atoms with Gasteiger partial charge in [0.2, 0.25) is 6.41 Å². The van der Waals surface area contributed by atoms with Gasteiger partial charge >= 0.3 is 6.18 Å². The summed E-state index contributed by atoms with van der Waals surface area (Å²) >= 11 is 0. The van der Waals surface area contributed by atoms with Crippen LogP contribution in [-0.4, -0.2) is 54.6 Å². The molecule has 1 aliphatic rings. The van der Waals surface area contributed by atoms with Crippen molar-refractivity contribution in [3.63, 3.8) is 0 Å². The third-order valence-corrected chi connectivity index (χ3v) is 2.63. The molecule has 0 saturated carbocycles. The van der Waals surface area contributed by atoms with Crippen molar-refractivity contribution in [2.24, 2.45) is 0 Å². The van der Waals surface area contributed by atoms with Crippen LogP contribution in [0.15, 0.2) is 0 Å². The first-order chi connectivity index (χ1) is 6.92. The Bertz CT molecular complexity index is 220. The smallest absolute Gasteiger partial charge is 0.342 e. The van der Waals surface area contributed by atoms with Gasteiger partial charge in [0.05, 0.1) is 6.42 Å². The van der Waals surface area contributed by atoms with Gasteiger partial charge in [-0.1, -0.05) is 0 Å². The molecule has 1 amide bonds. The first kappa shape index (κ1) is 12.3. The third kappa shape index (κ3) is 4.07. The number of halogens is 3. The van der Waals surface area contributed by atoms with Crippen LogP contribution in [0.25, 0.3) is 0 Å². The second kappa shape index (κ2) is 4.83. The van der Waals surface area contributed by atoms with Crippen LogP contribution in [0, 0.1) is 0 Å². The number of hydrogen-bond acceptors (Lipinski definition) is 2. The third-order valence-electron chi connectivity index (χ3n) is 2.63. The van der Waals surface area contributed by atoms with E-state index in [1.807, 2.05) is 6.92 Å². The Morgan fingerprint density at radius 3 is 2.53 bits per heavy atom. The molecule has 6 heteroatoms. The van der Waals surface area contributed by atoms with Gasteiger partial charge in [0.15, 0.2) is 0 Å². The molecule has 3 nitrogen and oxygen atoms in total. The van der Waals surface area contributed by atoms with Gasteiger partial charge in [-0.2, -0.15) is 13.2 Å². The lowest BCUT2D eigenvalue weighted by Gasteiger charge is -2.38. The molecular formula is C9H15F3N2O. The van der Waals surface area contributed by atoms with Crippen molar-refractivity contribution in [2.75, 3.05) is 26.2 Å². The fourth-order valence-electron chi connectivity index (χ4n) is 1.72. The zero-order valence-electron chi connectivity index (χ0n) is 8.63. The number of piperazine rings is 1. The number of alkyl halides is 3. The molecule has 1 aliphatic heterocycles. The SMILES string of the molecule is CC1CN(C=O)CCN1CCC(F)(F)F. The Kier molecular flexibility index (Phi) is 3.96. The summed E-state index contributed by atoms with van der Waals surface area (Å²) in [5.41, 5.74) is 0. The summed E-state index contributed by atoms with van der Waals surface area (Å²) < 4.78 is 36.0. The highest BCUT2D eigenvalue weighted by Gasteiger charge is 2.30. The zero-order chi connectivity index (χ0) is 11.5. The maximum atomic E-state index is 12.0. The number of rotatable bonds is 3. The Hall–Kier alpha value is -0.780. The molecule has 1 saturated heterocycles. The zero-order valence-corrected chi connectivity index (χ0v) is 8.63. The van der Waals surface area contributed by atoms with Gasteiger partial charge in [0.1, 0.15) is 0 Å². The Morgan fingerprint density at radius 2 is 2.07 bits per heavy atom. The van der Waals surface area contributed by atoms with Crippen molar-refractivity contribution >= 4 is 6.41 Å². The average molecular weight is 224 g/mol. The summed E-state index contributed by atoms with van der Waals surface area (Å²) in [6.45, 7) is 3.42. The van der Waals surface area contributed by atoms with Gasteiger partial charge < -0.3 is 4.90 Å². The molecule has 0 aromatic carbocycles. The van der Waals surface area contributed by atoms with E-state index in [4.69, 9.17) is 0 Å². The highest BCUT2D eigenvalue weighted by atomic mass is 19.4. The van der Waals surface area contributed by atoms with Gasteiger partial charge in [-0.3, -0.25) is 9.69 Å². The molecule has 15 heavy (non-hydrogen) atoms. The second-order valence-corrected chi connectivity index (χ2v) is 3.85. The van der Waals surface area contributed by atoms with Crippen LogP contribution in [0.4, 0.5) is 13.2 Å². The lowest BCUT2D eigenvalue weighted by molar-refractivity contribution is -0.141. The fraction of sp³-hybridized carbons (Fsp3) is 0.889. The second-order valence-electron chi connectivity index (χ2n) is 3.85. The van der Waals surface area contributed by atoms with E-state index >= 15 is 0 Å². The number of hydrogen-bond donors (Lipinski definition) is 0.